The third kappa shape index (κ3) is 2.83. The Morgan fingerprint density at radius 3 is 2.29 bits per heavy atom. The summed E-state index contributed by atoms with van der Waals surface area (Å²) in [7, 11) is 2.70. The number of rotatable bonds is 5. The molecule has 0 aliphatic carbocycles. The Morgan fingerprint density at radius 2 is 1.82 bits per heavy atom. The monoisotopic (exact) mass is 247 g/mol. The topological polar surface area (TPSA) is 52.9 Å². The molecule has 96 valence electrons. The molecule has 17 heavy (non-hydrogen) atoms. The van der Waals surface area contributed by atoms with Gasteiger partial charge in [-0.2, -0.15) is 0 Å². The quantitative estimate of drug-likeness (QED) is 0.806. The zero-order valence-corrected chi connectivity index (χ0v) is 9.65. The normalized spacial score (nSPS) is 10.8. The lowest BCUT2D eigenvalue weighted by Crippen LogP contribution is -2.38. The van der Waals surface area contributed by atoms with Crippen LogP contribution in [0.2, 0.25) is 0 Å². The first-order chi connectivity index (χ1) is 8.04. The molecule has 1 aromatic carbocycles. The number of likely N-dealkylation sites (N-methyl/N-ethyl adjacent to an activating group) is 1. The van der Waals surface area contributed by atoms with Gasteiger partial charge in [0.25, 0.3) is 0 Å². The van der Waals surface area contributed by atoms with Crippen LogP contribution in [0.1, 0.15) is 0 Å². The molecular formula is C11H15F2NO3. The van der Waals surface area contributed by atoms with E-state index in [0.717, 1.165) is 12.1 Å². The van der Waals surface area contributed by atoms with E-state index in [-0.39, 0.29) is 24.7 Å². The highest BCUT2D eigenvalue weighted by molar-refractivity contribution is 5.51. The molecule has 0 aliphatic rings. The van der Waals surface area contributed by atoms with Crippen molar-refractivity contribution in [3.63, 3.8) is 0 Å². The van der Waals surface area contributed by atoms with Gasteiger partial charge in [-0.1, -0.05) is 0 Å². The molecule has 0 aromatic heterocycles. The van der Waals surface area contributed by atoms with E-state index in [1.165, 1.54) is 19.1 Å². The molecule has 0 saturated carbocycles. The van der Waals surface area contributed by atoms with Crippen molar-refractivity contribution >= 4 is 5.69 Å². The second-order valence-corrected chi connectivity index (χ2v) is 3.57. The van der Waals surface area contributed by atoms with Gasteiger partial charge in [-0.15, -0.1) is 0 Å². The van der Waals surface area contributed by atoms with Crippen molar-refractivity contribution in [1.82, 2.24) is 0 Å². The first kappa shape index (κ1) is 13.7. The maximum Gasteiger partial charge on any atom is 0.167 e. The molecule has 4 nitrogen and oxygen atoms in total. The fourth-order valence-electron chi connectivity index (χ4n) is 1.44. The number of benzene rings is 1. The van der Waals surface area contributed by atoms with E-state index in [1.807, 2.05) is 0 Å². The van der Waals surface area contributed by atoms with Gasteiger partial charge < -0.3 is 19.8 Å². The third-order valence-corrected chi connectivity index (χ3v) is 2.57. The first-order valence-corrected chi connectivity index (χ1v) is 5.02. The average Bonchev–Trinajstić information content (AvgIpc) is 2.32. The highest BCUT2D eigenvalue weighted by Crippen LogP contribution is 2.27. The largest absolute Gasteiger partial charge is 0.494 e. The minimum atomic E-state index is -0.703. The molecule has 0 bridgehead atoms. The number of ether oxygens (including phenoxy) is 1. The summed E-state index contributed by atoms with van der Waals surface area (Å²) >= 11 is 0. The molecule has 0 spiro atoms. The van der Waals surface area contributed by atoms with Crippen LogP contribution in [0.5, 0.6) is 5.75 Å². The predicted molar refractivity (Wildman–Crippen MR) is 59.3 cm³/mol. The summed E-state index contributed by atoms with van der Waals surface area (Å²) in [5.74, 6) is -1.58. The molecular weight excluding hydrogens is 232 g/mol. The Balaban J connectivity index is 3.09. The van der Waals surface area contributed by atoms with Crippen LogP contribution in [-0.2, 0) is 0 Å². The van der Waals surface area contributed by atoms with E-state index in [4.69, 9.17) is 10.2 Å². The fourth-order valence-corrected chi connectivity index (χ4v) is 1.44. The zero-order chi connectivity index (χ0) is 13.0. The van der Waals surface area contributed by atoms with Crippen molar-refractivity contribution in [2.24, 2.45) is 0 Å². The van der Waals surface area contributed by atoms with Crippen molar-refractivity contribution in [2.75, 3.05) is 32.3 Å². The van der Waals surface area contributed by atoms with E-state index in [9.17, 15) is 8.78 Å². The molecule has 0 radical (unpaired) electrons. The molecule has 6 heteroatoms. The van der Waals surface area contributed by atoms with Gasteiger partial charge in [-0.05, 0) is 0 Å². The second-order valence-electron chi connectivity index (χ2n) is 3.57. The number of halogens is 2. The summed E-state index contributed by atoms with van der Waals surface area (Å²) in [5, 5.41) is 18.0. The molecule has 1 rings (SSSR count). The second kappa shape index (κ2) is 5.79. The van der Waals surface area contributed by atoms with Gasteiger partial charge in [-0.3, -0.25) is 0 Å². The smallest absolute Gasteiger partial charge is 0.167 e. The molecule has 0 heterocycles. The summed E-state index contributed by atoms with van der Waals surface area (Å²) in [6.07, 6.45) is 0. The lowest BCUT2D eigenvalue weighted by atomic mass is 10.2. The minimum absolute atomic E-state index is 0.0450. The molecule has 2 N–H and O–H groups in total. The number of anilines is 1. The van der Waals surface area contributed by atoms with Gasteiger partial charge in [0.15, 0.2) is 11.6 Å². The Kier molecular flexibility index (Phi) is 4.65. The van der Waals surface area contributed by atoms with Crippen molar-refractivity contribution in [1.29, 1.82) is 0 Å². The number of aliphatic hydroxyl groups is 2. The summed E-state index contributed by atoms with van der Waals surface area (Å²) < 4.78 is 31.7. The summed E-state index contributed by atoms with van der Waals surface area (Å²) in [4.78, 5) is 1.28. The van der Waals surface area contributed by atoms with Crippen molar-refractivity contribution in [2.45, 2.75) is 6.04 Å². The average molecular weight is 247 g/mol. The van der Waals surface area contributed by atoms with Crippen LogP contribution in [0.4, 0.5) is 14.5 Å². The van der Waals surface area contributed by atoms with Crippen LogP contribution in [0.3, 0.4) is 0 Å². The maximum atomic E-state index is 13.6. The maximum absolute atomic E-state index is 13.6. The van der Waals surface area contributed by atoms with E-state index in [0.29, 0.717) is 0 Å². The molecule has 1 aromatic rings. The van der Waals surface area contributed by atoms with Gasteiger partial charge >= 0.3 is 0 Å². The number of aliphatic hydroxyl groups excluding tert-OH is 2. The highest BCUT2D eigenvalue weighted by Gasteiger charge is 2.19. The third-order valence-electron chi connectivity index (χ3n) is 2.57. The Hall–Kier alpha value is -1.40. The molecule has 0 saturated heterocycles. The van der Waals surface area contributed by atoms with Crippen molar-refractivity contribution in [3.8, 4) is 5.75 Å². The van der Waals surface area contributed by atoms with Crippen LogP contribution < -0.4 is 9.64 Å². The molecule has 0 atom stereocenters. The number of methoxy groups -OCH3 is 1. The summed E-state index contributed by atoms with van der Waals surface area (Å²) in [5.41, 5.74) is -0.0450. The molecule has 0 fully saturated rings. The van der Waals surface area contributed by atoms with Gasteiger partial charge in [0.1, 0.15) is 5.82 Å². The van der Waals surface area contributed by atoms with Crippen molar-refractivity contribution in [3.05, 3.63) is 23.8 Å². The molecule has 0 aliphatic heterocycles. The van der Waals surface area contributed by atoms with Crippen LogP contribution in [-0.4, -0.2) is 43.6 Å². The lowest BCUT2D eigenvalue weighted by Gasteiger charge is -2.27. The predicted octanol–water partition coefficient (Wildman–Crippen LogP) is 0.763. The minimum Gasteiger partial charge on any atom is -0.494 e. The van der Waals surface area contributed by atoms with Gasteiger partial charge in [-0.25, -0.2) is 8.78 Å². The van der Waals surface area contributed by atoms with Gasteiger partial charge in [0.05, 0.1) is 32.1 Å². The molecule has 0 unspecified atom stereocenters. The van der Waals surface area contributed by atoms with E-state index >= 15 is 0 Å². The molecule has 0 amide bonds. The van der Waals surface area contributed by atoms with Crippen LogP contribution in [0.25, 0.3) is 0 Å². The number of nitrogens with zero attached hydrogens (tertiary/aromatic N) is 1. The van der Waals surface area contributed by atoms with Crippen LogP contribution in [0.15, 0.2) is 12.1 Å². The fraction of sp³-hybridized carbons (Fsp3) is 0.455. The summed E-state index contributed by atoms with van der Waals surface area (Å²) in [6.45, 7) is -0.722. The van der Waals surface area contributed by atoms with Gasteiger partial charge in [0.2, 0.25) is 0 Å². The van der Waals surface area contributed by atoms with Crippen LogP contribution >= 0.6 is 0 Å². The zero-order valence-electron chi connectivity index (χ0n) is 9.65. The number of hydrogen-bond donors (Lipinski definition) is 2. The summed E-state index contributed by atoms with van der Waals surface area (Å²) in [6, 6.07) is 1.21. The number of hydrogen-bond acceptors (Lipinski definition) is 4. The first-order valence-electron chi connectivity index (χ1n) is 5.02. The van der Waals surface area contributed by atoms with E-state index in [1.54, 1.807) is 0 Å². The Bertz CT molecular complexity index is 383. The Labute approximate surface area is 98.0 Å². The Morgan fingerprint density at radius 1 is 1.24 bits per heavy atom. The standard InChI is InChI=1S/C11H15F2NO3/c1-14(7(5-15)6-16)10-3-9(13)11(17-2)4-8(10)12/h3-4,7,15-16H,5-6H2,1-2H3. The van der Waals surface area contributed by atoms with Crippen molar-refractivity contribution < 1.29 is 23.7 Å². The van der Waals surface area contributed by atoms with Crippen LogP contribution in [0, 0.1) is 11.6 Å². The van der Waals surface area contributed by atoms with E-state index in [2.05, 4.69) is 4.74 Å². The highest BCUT2D eigenvalue weighted by atomic mass is 19.1. The van der Waals surface area contributed by atoms with E-state index < -0.39 is 17.7 Å². The lowest BCUT2D eigenvalue weighted by molar-refractivity contribution is 0.190. The SMILES string of the molecule is COc1cc(F)c(N(C)C(CO)CO)cc1F. The van der Waals surface area contributed by atoms with Gasteiger partial charge in [0, 0.05) is 19.2 Å².